The molecule has 0 atom stereocenters. The Hall–Kier alpha value is -3.34. The Morgan fingerprint density at radius 3 is 2.38 bits per heavy atom. The van der Waals surface area contributed by atoms with Gasteiger partial charge < -0.3 is 13.9 Å². The van der Waals surface area contributed by atoms with Crippen molar-refractivity contribution in [1.82, 2.24) is 0 Å². The molecule has 0 saturated carbocycles. The number of carbonyl (C=O) groups excluding carboxylic acids is 1. The molecule has 0 aliphatic rings. The van der Waals surface area contributed by atoms with Crippen LogP contribution in [0.15, 0.2) is 63.8 Å². The van der Waals surface area contributed by atoms with Gasteiger partial charge in [0.05, 0.1) is 25.2 Å². The van der Waals surface area contributed by atoms with E-state index in [1.807, 2.05) is 0 Å². The molecule has 0 bridgehead atoms. The van der Waals surface area contributed by atoms with E-state index in [-0.39, 0.29) is 5.43 Å². The van der Waals surface area contributed by atoms with Crippen LogP contribution in [-0.4, -0.2) is 20.2 Å². The predicted octanol–water partition coefficient (Wildman–Crippen LogP) is 3.71. The molecule has 0 N–H and O–H groups in total. The zero-order valence-corrected chi connectivity index (χ0v) is 14.7. The molecule has 3 rings (SSSR count). The number of ether oxygens (including phenoxy) is 2. The number of esters is 1. The average Bonchev–Trinajstić information content (AvgIpc) is 2.67. The van der Waals surface area contributed by atoms with E-state index in [4.69, 9.17) is 13.9 Å². The summed E-state index contributed by atoms with van der Waals surface area (Å²) in [5, 5.41) is 0.456. The van der Waals surface area contributed by atoms with Gasteiger partial charge in [0.2, 0.25) is 5.43 Å². The van der Waals surface area contributed by atoms with Crippen molar-refractivity contribution in [3.05, 3.63) is 81.7 Å². The van der Waals surface area contributed by atoms with Gasteiger partial charge in [0.1, 0.15) is 17.1 Å². The van der Waals surface area contributed by atoms with Crippen LogP contribution in [0.2, 0.25) is 0 Å². The van der Waals surface area contributed by atoms with Crippen molar-refractivity contribution >= 4 is 22.5 Å². The highest BCUT2D eigenvalue weighted by Crippen LogP contribution is 2.27. The molecule has 1 heterocycles. The average molecular weight is 350 g/mol. The summed E-state index contributed by atoms with van der Waals surface area (Å²) in [6, 6.07) is 14.1. The maximum Gasteiger partial charge on any atom is 0.331 e. The van der Waals surface area contributed by atoms with Gasteiger partial charge in [0.25, 0.3) is 0 Å². The molecule has 5 heteroatoms. The van der Waals surface area contributed by atoms with Gasteiger partial charge in [-0.3, -0.25) is 4.79 Å². The fourth-order valence-corrected chi connectivity index (χ4v) is 2.81. The van der Waals surface area contributed by atoms with Crippen molar-refractivity contribution < 1.29 is 18.7 Å². The van der Waals surface area contributed by atoms with Gasteiger partial charge in [-0.15, -0.1) is 0 Å². The van der Waals surface area contributed by atoms with Crippen molar-refractivity contribution in [1.29, 1.82) is 0 Å². The Labute approximate surface area is 150 Å². The van der Waals surface area contributed by atoms with Gasteiger partial charge >= 0.3 is 5.97 Å². The Balaban J connectivity index is 2.28. The quantitative estimate of drug-likeness (QED) is 0.530. The lowest BCUT2D eigenvalue weighted by Gasteiger charge is -2.12. The van der Waals surface area contributed by atoms with E-state index in [0.29, 0.717) is 39.2 Å². The summed E-state index contributed by atoms with van der Waals surface area (Å²) in [5.74, 6) is 0.552. The van der Waals surface area contributed by atoms with Gasteiger partial charge in [-0.25, -0.2) is 4.79 Å². The monoisotopic (exact) mass is 350 g/mol. The number of hydrogen-bond acceptors (Lipinski definition) is 5. The summed E-state index contributed by atoms with van der Waals surface area (Å²) in [6.45, 7) is 1.71. The molecule has 0 spiro atoms. The normalized spacial score (nSPS) is 11.4. The molecule has 0 radical (unpaired) electrons. The van der Waals surface area contributed by atoms with Gasteiger partial charge in [-0.2, -0.15) is 0 Å². The van der Waals surface area contributed by atoms with Crippen LogP contribution in [0.5, 0.6) is 5.75 Å². The van der Waals surface area contributed by atoms with Crippen LogP contribution in [0.25, 0.3) is 16.5 Å². The third-order valence-corrected chi connectivity index (χ3v) is 4.11. The molecule has 3 aromatic rings. The second-order valence-electron chi connectivity index (χ2n) is 5.67. The second kappa shape index (κ2) is 7.27. The minimum absolute atomic E-state index is 0.199. The van der Waals surface area contributed by atoms with E-state index >= 15 is 0 Å². The van der Waals surface area contributed by atoms with Crippen LogP contribution in [-0.2, 0) is 9.53 Å². The van der Waals surface area contributed by atoms with Crippen molar-refractivity contribution in [2.24, 2.45) is 0 Å². The number of fused-ring (bicyclic) bond motifs is 1. The molecule has 0 saturated heterocycles. The Kier molecular flexibility index (Phi) is 4.89. The summed E-state index contributed by atoms with van der Waals surface area (Å²) < 4.78 is 15.8. The number of rotatable bonds is 4. The largest absolute Gasteiger partial charge is 0.497 e. The van der Waals surface area contributed by atoms with Crippen LogP contribution in [0.3, 0.4) is 0 Å². The molecule has 0 unspecified atom stereocenters. The minimum atomic E-state index is -0.553. The highest BCUT2D eigenvalue weighted by molar-refractivity contribution is 5.97. The van der Waals surface area contributed by atoms with Gasteiger partial charge in [-0.1, -0.05) is 24.3 Å². The third kappa shape index (κ3) is 3.24. The maximum absolute atomic E-state index is 13.1. The summed E-state index contributed by atoms with van der Waals surface area (Å²) in [5.41, 5.74) is 1.76. The molecule has 1 aromatic heterocycles. The third-order valence-electron chi connectivity index (χ3n) is 4.11. The first-order chi connectivity index (χ1) is 12.5. The smallest absolute Gasteiger partial charge is 0.331 e. The second-order valence-corrected chi connectivity index (χ2v) is 5.67. The molecular formula is C21H18O5. The lowest BCUT2D eigenvalue weighted by Crippen LogP contribution is -2.12. The lowest BCUT2D eigenvalue weighted by atomic mass is 9.95. The lowest BCUT2D eigenvalue weighted by molar-refractivity contribution is -0.134. The van der Waals surface area contributed by atoms with Crippen molar-refractivity contribution in [3.8, 4) is 5.75 Å². The number of hydrogen-bond donors (Lipinski definition) is 0. The van der Waals surface area contributed by atoms with E-state index in [1.54, 1.807) is 62.6 Å². The van der Waals surface area contributed by atoms with Crippen LogP contribution in [0, 0.1) is 6.92 Å². The fourth-order valence-electron chi connectivity index (χ4n) is 2.81. The van der Waals surface area contributed by atoms with E-state index in [1.165, 1.54) is 13.2 Å². The van der Waals surface area contributed by atoms with Crippen LogP contribution < -0.4 is 10.2 Å². The topological polar surface area (TPSA) is 65.7 Å². The summed E-state index contributed by atoms with van der Waals surface area (Å²) >= 11 is 0. The van der Waals surface area contributed by atoms with Gasteiger partial charge in [-0.05, 0) is 36.8 Å². The van der Waals surface area contributed by atoms with E-state index in [2.05, 4.69) is 0 Å². The zero-order valence-electron chi connectivity index (χ0n) is 14.7. The van der Waals surface area contributed by atoms with E-state index in [9.17, 15) is 9.59 Å². The Morgan fingerprint density at radius 1 is 1.04 bits per heavy atom. The van der Waals surface area contributed by atoms with Crippen LogP contribution >= 0.6 is 0 Å². The first-order valence-electron chi connectivity index (χ1n) is 8.02. The molecular weight excluding hydrogens is 332 g/mol. The maximum atomic E-state index is 13.1. The van der Waals surface area contributed by atoms with E-state index in [0.717, 1.165) is 0 Å². The first kappa shape index (κ1) is 17.5. The summed E-state index contributed by atoms with van der Waals surface area (Å²) in [7, 11) is 2.86. The molecule has 132 valence electrons. The van der Waals surface area contributed by atoms with Gasteiger partial charge in [0, 0.05) is 11.6 Å². The Bertz CT molecular complexity index is 1040. The fraction of sp³-hybridized carbons (Fsp3) is 0.143. The molecule has 26 heavy (non-hydrogen) atoms. The number of aryl methyl sites for hydroxylation is 1. The molecule has 2 aromatic carbocycles. The van der Waals surface area contributed by atoms with Crippen LogP contribution in [0.4, 0.5) is 0 Å². The SMILES string of the molecule is COC(=O)/C=C(\c1ccc(OC)cc1)c1c(C)oc2ccccc2c1=O. The zero-order chi connectivity index (χ0) is 18.7. The standard InChI is InChI=1S/C21H18O5/c1-13-20(21(23)16-6-4-5-7-18(16)26-13)17(12-19(22)25-3)14-8-10-15(24-2)11-9-14/h4-12H,1-3H3/b17-12+. The minimum Gasteiger partial charge on any atom is -0.497 e. The van der Waals surface area contributed by atoms with Crippen molar-refractivity contribution in [3.63, 3.8) is 0 Å². The molecule has 0 aliphatic carbocycles. The van der Waals surface area contributed by atoms with Crippen LogP contribution in [0.1, 0.15) is 16.9 Å². The molecule has 0 amide bonds. The van der Waals surface area contributed by atoms with E-state index < -0.39 is 5.97 Å². The van der Waals surface area contributed by atoms with Crippen molar-refractivity contribution in [2.45, 2.75) is 6.92 Å². The molecule has 5 nitrogen and oxygen atoms in total. The van der Waals surface area contributed by atoms with Crippen molar-refractivity contribution in [2.75, 3.05) is 14.2 Å². The highest BCUT2D eigenvalue weighted by atomic mass is 16.5. The summed E-state index contributed by atoms with van der Waals surface area (Å²) in [6.07, 6.45) is 1.30. The molecule has 0 fully saturated rings. The first-order valence-corrected chi connectivity index (χ1v) is 8.02. The number of para-hydroxylation sites is 1. The number of methoxy groups -OCH3 is 2. The Morgan fingerprint density at radius 2 is 1.73 bits per heavy atom. The molecule has 0 aliphatic heterocycles. The summed E-state index contributed by atoms with van der Waals surface area (Å²) in [4.78, 5) is 25.0. The highest BCUT2D eigenvalue weighted by Gasteiger charge is 2.18. The van der Waals surface area contributed by atoms with Gasteiger partial charge in [0.15, 0.2) is 0 Å². The number of benzene rings is 2. The predicted molar refractivity (Wildman–Crippen MR) is 99.3 cm³/mol. The number of carbonyl (C=O) groups is 1.